The molecule has 0 radical (unpaired) electrons. The van der Waals surface area contributed by atoms with E-state index < -0.39 is 6.04 Å². The van der Waals surface area contributed by atoms with Crippen molar-refractivity contribution in [2.75, 3.05) is 45.7 Å². The van der Waals surface area contributed by atoms with E-state index in [1.807, 2.05) is 74.4 Å². The number of nitrogens with zero attached hydrogens (tertiary/aromatic N) is 3. The van der Waals surface area contributed by atoms with Gasteiger partial charge in [-0.2, -0.15) is 0 Å². The molecule has 0 spiro atoms. The second-order valence-corrected chi connectivity index (χ2v) is 7.20. The highest BCUT2D eigenvalue weighted by atomic mass is 16.5. The lowest BCUT2D eigenvalue weighted by Gasteiger charge is -2.37. The summed E-state index contributed by atoms with van der Waals surface area (Å²) in [6.45, 7) is 2.99. The Balaban J connectivity index is 1.80. The Labute approximate surface area is 166 Å². The molecular weight excluding hydrogens is 354 g/mol. The number of hydrogen-bond acceptors (Lipinski definition) is 4. The van der Waals surface area contributed by atoms with Crippen LogP contribution in [0, 0.1) is 6.92 Å². The van der Waals surface area contributed by atoms with Gasteiger partial charge < -0.3 is 14.5 Å². The number of piperazine rings is 1. The van der Waals surface area contributed by atoms with Gasteiger partial charge in [-0.1, -0.05) is 36.4 Å². The van der Waals surface area contributed by atoms with Crippen LogP contribution >= 0.6 is 0 Å². The summed E-state index contributed by atoms with van der Waals surface area (Å²) in [6.07, 6.45) is 0. The van der Waals surface area contributed by atoms with Crippen molar-refractivity contribution in [3.05, 3.63) is 59.7 Å². The zero-order valence-electron chi connectivity index (χ0n) is 16.9. The van der Waals surface area contributed by atoms with E-state index in [0.29, 0.717) is 18.8 Å². The lowest BCUT2D eigenvalue weighted by molar-refractivity contribution is -0.141. The quantitative estimate of drug-likeness (QED) is 0.799. The molecule has 1 atom stereocenters. The van der Waals surface area contributed by atoms with E-state index in [9.17, 15) is 9.59 Å². The van der Waals surface area contributed by atoms with Crippen molar-refractivity contribution < 1.29 is 14.3 Å². The van der Waals surface area contributed by atoms with Crippen LogP contribution in [-0.4, -0.2) is 62.5 Å². The van der Waals surface area contributed by atoms with Gasteiger partial charge in [-0.05, 0) is 44.3 Å². The minimum absolute atomic E-state index is 0.0488. The van der Waals surface area contributed by atoms with E-state index >= 15 is 0 Å². The Morgan fingerprint density at radius 3 is 2.39 bits per heavy atom. The van der Waals surface area contributed by atoms with Gasteiger partial charge in [0, 0.05) is 13.1 Å². The summed E-state index contributed by atoms with van der Waals surface area (Å²) in [5.74, 6) is 0.500. The van der Waals surface area contributed by atoms with Crippen LogP contribution in [0.15, 0.2) is 48.5 Å². The molecule has 0 bridgehead atoms. The fourth-order valence-electron chi connectivity index (χ4n) is 3.67. The highest BCUT2D eigenvalue weighted by Crippen LogP contribution is 2.30. The lowest BCUT2D eigenvalue weighted by Crippen LogP contribution is -2.54. The Hall–Kier alpha value is -2.86. The van der Waals surface area contributed by atoms with E-state index in [4.69, 9.17) is 4.74 Å². The first-order chi connectivity index (χ1) is 13.4. The summed E-state index contributed by atoms with van der Waals surface area (Å²) in [4.78, 5) is 31.4. The molecule has 0 N–H and O–H groups in total. The first kappa shape index (κ1) is 19.9. The number of amides is 2. The molecule has 2 amide bonds. The molecule has 28 heavy (non-hydrogen) atoms. The van der Waals surface area contributed by atoms with Gasteiger partial charge in [-0.25, -0.2) is 0 Å². The van der Waals surface area contributed by atoms with E-state index in [-0.39, 0.29) is 18.4 Å². The standard InChI is InChI=1S/C22H27N3O3/c1-16-9-5-6-10-17(16)21(23(2)3)22(27)24-13-14-25(20(26)15-24)18-11-7-8-12-19(18)28-4/h5-12,21H,13-15H2,1-4H3/t21-/m1/s1. The minimum atomic E-state index is -0.410. The molecule has 148 valence electrons. The number of methoxy groups -OCH3 is 1. The maximum atomic E-state index is 13.3. The van der Waals surface area contributed by atoms with Gasteiger partial charge in [0.1, 0.15) is 18.3 Å². The summed E-state index contributed by atoms with van der Waals surface area (Å²) in [7, 11) is 5.37. The second kappa shape index (κ2) is 8.44. The van der Waals surface area contributed by atoms with Crippen molar-refractivity contribution in [2.45, 2.75) is 13.0 Å². The van der Waals surface area contributed by atoms with Crippen LogP contribution in [0.3, 0.4) is 0 Å². The normalized spacial score (nSPS) is 15.7. The van der Waals surface area contributed by atoms with E-state index in [0.717, 1.165) is 16.8 Å². The summed E-state index contributed by atoms with van der Waals surface area (Å²) >= 11 is 0. The molecule has 6 heteroatoms. The molecule has 1 aliphatic heterocycles. The molecular formula is C22H27N3O3. The smallest absolute Gasteiger partial charge is 0.246 e. The number of rotatable bonds is 5. The number of benzene rings is 2. The summed E-state index contributed by atoms with van der Waals surface area (Å²) < 4.78 is 5.38. The maximum Gasteiger partial charge on any atom is 0.246 e. The van der Waals surface area contributed by atoms with E-state index in [2.05, 4.69) is 0 Å². The van der Waals surface area contributed by atoms with Crippen LogP contribution in [0.25, 0.3) is 0 Å². The molecule has 0 saturated carbocycles. The highest BCUT2D eigenvalue weighted by molar-refractivity contribution is 5.99. The average molecular weight is 381 g/mol. The summed E-state index contributed by atoms with van der Waals surface area (Å²) in [5, 5.41) is 0. The lowest BCUT2D eigenvalue weighted by atomic mass is 9.99. The average Bonchev–Trinajstić information content (AvgIpc) is 2.69. The molecule has 6 nitrogen and oxygen atoms in total. The Morgan fingerprint density at radius 2 is 1.75 bits per heavy atom. The second-order valence-electron chi connectivity index (χ2n) is 7.20. The molecule has 0 unspecified atom stereocenters. The van der Waals surface area contributed by atoms with Crippen molar-refractivity contribution in [3.8, 4) is 5.75 Å². The van der Waals surface area contributed by atoms with Crippen molar-refractivity contribution in [2.24, 2.45) is 0 Å². The van der Waals surface area contributed by atoms with Gasteiger partial charge in [0.25, 0.3) is 0 Å². The van der Waals surface area contributed by atoms with Gasteiger partial charge in [-0.3, -0.25) is 14.5 Å². The van der Waals surface area contributed by atoms with E-state index in [1.165, 1.54) is 0 Å². The molecule has 0 aliphatic carbocycles. The fourth-order valence-corrected chi connectivity index (χ4v) is 3.67. The third-order valence-corrected chi connectivity index (χ3v) is 5.14. The van der Waals surface area contributed by atoms with Crippen LogP contribution in [-0.2, 0) is 9.59 Å². The topological polar surface area (TPSA) is 53.1 Å². The van der Waals surface area contributed by atoms with Crippen LogP contribution < -0.4 is 9.64 Å². The number of aryl methyl sites for hydroxylation is 1. The Morgan fingerprint density at radius 1 is 1.07 bits per heavy atom. The third kappa shape index (κ3) is 3.87. The van der Waals surface area contributed by atoms with E-state index in [1.54, 1.807) is 16.9 Å². The number of anilines is 1. The third-order valence-electron chi connectivity index (χ3n) is 5.14. The molecule has 3 rings (SSSR count). The molecule has 2 aromatic rings. The molecule has 1 saturated heterocycles. The largest absolute Gasteiger partial charge is 0.495 e. The minimum Gasteiger partial charge on any atom is -0.495 e. The van der Waals surface area contributed by atoms with Crippen molar-refractivity contribution in [1.29, 1.82) is 0 Å². The molecule has 0 aromatic heterocycles. The van der Waals surface area contributed by atoms with Gasteiger partial charge in [0.15, 0.2) is 0 Å². The maximum absolute atomic E-state index is 13.3. The van der Waals surface area contributed by atoms with Gasteiger partial charge in [-0.15, -0.1) is 0 Å². The number of likely N-dealkylation sites (N-methyl/N-ethyl adjacent to an activating group) is 1. The van der Waals surface area contributed by atoms with Crippen molar-refractivity contribution in [3.63, 3.8) is 0 Å². The van der Waals surface area contributed by atoms with Crippen molar-refractivity contribution in [1.82, 2.24) is 9.80 Å². The summed E-state index contributed by atoms with van der Waals surface area (Å²) in [5.41, 5.74) is 2.77. The Bertz CT molecular complexity index is 866. The molecule has 1 fully saturated rings. The van der Waals surface area contributed by atoms with Crippen molar-refractivity contribution >= 4 is 17.5 Å². The predicted molar refractivity (Wildman–Crippen MR) is 110 cm³/mol. The van der Waals surface area contributed by atoms with Gasteiger partial charge in [0.05, 0.1) is 12.8 Å². The monoisotopic (exact) mass is 381 g/mol. The predicted octanol–water partition coefficient (Wildman–Crippen LogP) is 2.48. The van der Waals surface area contributed by atoms with Crippen LogP contribution in [0.1, 0.15) is 17.2 Å². The van der Waals surface area contributed by atoms with Gasteiger partial charge in [0.2, 0.25) is 11.8 Å². The number of carbonyl (C=O) groups is 2. The molecule has 2 aromatic carbocycles. The number of para-hydroxylation sites is 2. The molecule has 1 aliphatic rings. The summed E-state index contributed by atoms with van der Waals surface area (Å²) in [6, 6.07) is 14.9. The zero-order chi connectivity index (χ0) is 20.3. The first-order valence-corrected chi connectivity index (χ1v) is 9.38. The van der Waals surface area contributed by atoms with Crippen LogP contribution in [0.5, 0.6) is 5.75 Å². The number of ether oxygens (including phenoxy) is 1. The molecule has 1 heterocycles. The zero-order valence-corrected chi connectivity index (χ0v) is 16.9. The SMILES string of the molecule is COc1ccccc1N1CCN(C(=O)[C@@H](c2ccccc2C)N(C)C)CC1=O. The number of carbonyl (C=O) groups excluding carboxylic acids is 2. The Kier molecular flexibility index (Phi) is 5.99. The fraction of sp³-hybridized carbons (Fsp3) is 0.364. The van der Waals surface area contributed by atoms with Crippen LogP contribution in [0.4, 0.5) is 5.69 Å². The van der Waals surface area contributed by atoms with Gasteiger partial charge >= 0.3 is 0 Å². The highest BCUT2D eigenvalue weighted by Gasteiger charge is 2.34. The first-order valence-electron chi connectivity index (χ1n) is 9.38. The van der Waals surface area contributed by atoms with Crippen LogP contribution in [0.2, 0.25) is 0 Å². The number of hydrogen-bond donors (Lipinski definition) is 0.